The molecule has 1 N–H and O–H groups in total. The lowest BCUT2D eigenvalue weighted by atomic mass is 9.97. The van der Waals surface area contributed by atoms with Crippen LogP contribution in [0.3, 0.4) is 0 Å². The van der Waals surface area contributed by atoms with E-state index in [0.717, 1.165) is 4.43 Å². The van der Waals surface area contributed by atoms with Crippen molar-refractivity contribution in [2.24, 2.45) is 0 Å². The van der Waals surface area contributed by atoms with Gasteiger partial charge in [0, 0.05) is 16.5 Å². The van der Waals surface area contributed by atoms with Crippen LogP contribution in [0.4, 0.5) is 0 Å². The largest absolute Gasteiger partial charge is 0.805 e. The molecule has 1 atom stereocenters. The van der Waals surface area contributed by atoms with Crippen molar-refractivity contribution in [3.8, 4) is 11.3 Å². The maximum atomic E-state index is 12.7. The van der Waals surface area contributed by atoms with E-state index >= 15 is 0 Å². The van der Waals surface area contributed by atoms with Crippen molar-refractivity contribution in [3.05, 3.63) is 69.9 Å². The first-order valence-electron chi connectivity index (χ1n) is 6.64. The Morgan fingerprint density at radius 3 is 2.62 bits per heavy atom. The summed E-state index contributed by atoms with van der Waals surface area (Å²) in [7, 11) is 0. The fourth-order valence-electron chi connectivity index (χ4n) is 3.15. The first-order chi connectivity index (χ1) is 10.0. The predicted molar refractivity (Wildman–Crippen MR) is 78.2 cm³/mol. The smallest absolute Gasteiger partial charge is 0.293 e. The molecule has 0 bridgehead atoms. The lowest BCUT2D eigenvalue weighted by Crippen LogP contribution is -2.29. The quantitative estimate of drug-likeness (QED) is 0.641. The Bertz CT molecular complexity index is 957. The molecule has 3 aromatic rings. The van der Waals surface area contributed by atoms with Gasteiger partial charge in [-0.2, -0.15) is 0 Å². The second-order valence-electron chi connectivity index (χ2n) is 5.39. The fraction of sp³-hybridized carbons (Fsp3) is 0.125. The van der Waals surface area contributed by atoms with Crippen molar-refractivity contribution in [3.63, 3.8) is 0 Å². The predicted octanol–water partition coefficient (Wildman–Crippen LogP) is 2.14. The van der Waals surface area contributed by atoms with Crippen LogP contribution in [-0.2, 0) is 5.60 Å². The summed E-state index contributed by atoms with van der Waals surface area (Å²) in [5.74, 6) is 0. The number of fused-ring (bicyclic) bond motifs is 4. The molecule has 0 aliphatic heterocycles. The Kier molecular flexibility index (Phi) is 2.14. The van der Waals surface area contributed by atoms with Crippen LogP contribution < -0.4 is 4.43 Å². The molecule has 21 heavy (non-hydrogen) atoms. The van der Waals surface area contributed by atoms with Crippen molar-refractivity contribution in [1.82, 2.24) is 4.73 Å². The number of benzene rings is 2. The highest BCUT2D eigenvalue weighted by molar-refractivity contribution is 5.80. The van der Waals surface area contributed by atoms with E-state index in [2.05, 4.69) is 0 Å². The summed E-state index contributed by atoms with van der Waals surface area (Å²) in [6, 6.07) is 13.6. The average molecular weight is 280 g/mol. The van der Waals surface area contributed by atoms with Gasteiger partial charge < -0.3 is 15.0 Å². The van der Waals surface area contributed by atoms with Gasteiger partial charge in [0.2, 0.25) is 0 Å². The molecule has 5 nitrogen and oxygen atoms in total. The third-order valence-electron chi connectivity index (χ3n) is 4.12. The molecular weight excluding hydrogens is 268 g/mol. The summed E-state index contributed by atoms with van der Waals surface area (Å²) in [5, 5.41) is 23.5. The molecule has 0 amide bonds. The Morgan fingerprint density at radius 1 is 1.14 bits per heavy atom. The minimum atomic E-state index is -1.48. The molecule has 1 aromatic heterocycles. The lowest BCUT2D eigenvalue weighted by molar-refractivity contribution is -0.452. The molecule has 4 rings (SSSR count). The van der Waals surface area contributed by atoms with Crippen molar-refractivity contribution < 1.29 is 9.53 Å². The van der Waals surface area contributed by atoms with E-state index in [1.165, 1.54) is 0 Å². The zero-order valence-corrected chi connectivity index (χ0v) is 11.3. The van der Waals surface area contributed by atoms with Gasteiger partial charge in [0.25, 0.3) is 11.2 Å². The van der Waals surface area contributed by atoms with Gasteiger partial charge in [-0.25, -0.2) is 0 Å². The van der Waals surface area contributed by atoms with Gasteiger partial charge in [0.05, 0.1) is 9.99 Å². The molecule has 5 heteroatoms. The molecule has 0 spiro atoms. The maximum Gasteiger partial charge on any atom is 0.293 e. The van der Waals surface area contributed by atoms with Gasteiger partial charge in [0.15, 0.2) is 0 Å². The van der Waals surface area contributed by atoms with E-state index in [9.17, 15) is 15.2 Å². The molecule has 104 valence electrons. The van der Waals surface area contributed by atoms with Crippen LogP contribution in [0.5, 0.6) is 0 Å². The molecule has 0 unspecified atom stereocenters. The van der Waals surface area contributed by atoms with Gasteiger partial charge in [-0.1, -0.05) is 30.3 Å². The molecule has 2 aromatic carbocycles. The average Bonchev–Trinajstić information content (AvgIpc) is 2.74. The zero-order valence-electron chi connectivity index (χ0n) is 11.3. The minimum Gasteiger partial charge on any atom is -0.805 e. The monoisotopic (exact) mass is 280 g/mol. The first kappa shape index (κ1) is 12.1. The standard InChI is InChI=1S/C16H12N2O3/c1-16(19)11-7-3-2-6-10(11)14-15(16)18(21)13-9-5-4-8-12(13)17(14)20/h2-9,19H,1H3/t16-/m1/s1. The molecule has 0 saturated carbocycles. The van der Waals surface area contributed by atoms with E-state index < -0.39 is 5.60 Å². The first-order valence-corrected chi connectivity index (χ1v) is 6.64. The zero-order chi connectivity index (χ0) is 14.8. The Balaban J connectivity index is 2.30. The molecular formula is C16H12N2O3. The highest BCUT2D eigenvalue weighted by Gasteiger charge is 2.46. The highest BCUT2D eigenvalue weighted by atomic mass is 16.5. The number of aliphatic hydroxyl groups is 1. The van der Waals surface area contributed by atoms with Crippen LogP contribution in [-0.4, -0.2) is 9.84 Å². The van der Waals surface area contributed by atoms with E-state index in [-0.39, 0.29) is 16.9 Å². The van der Waals surface area contributed by atoms with Crippen molar-refractivity contribution in [1.29, 1.82) is 0 Å². The second-order valence-corrected chi connectivity index (χ2v) is 5.39. The molecule has 1 heterocycles. The van der Waals surface area contributed by atoms with Crippen molar-refractivity contribution in [2.75, 3.05) is 0 Å². The minimum absolute atomic E-state index is 0.0809. The number of rotatable bonds is 0. The Morgan fingerprint density at radius 2 is 1.81 bits per heavy atom. The number of hydrogen-bond donors (Lipinski definition) is 1. The van der Waals surface area contributed by atoms with Crippen LogP contribution in [0.15, 0.2) is 48.5 Å². The summed E-state index contributed by atoms with van der Waals surface area (Å²) in [4.78, 5) is 12.7. The van der Waals surface area contributed by atoms with Crippen LogP contribution in [0.2, 0.25) is 0 Å². The molecule has 0 radical (unpaired) electrons. The number of nitrogens with zero attached hydrogens (tertiary/aromatic N) is 2. The summed E-state index contributed by atoms with van der Waals surface area (Å²) in [6.07, 6.45) is 0. The van der Waals surface area contributed by atoms with E-state index in [4.69, 9.17) is 0 Å². The molecule has 1 aliphatic rings. The summed E-state index contributed by atoms with van der Waals surface area (Å²) >= 11 is 0. The number of aromatic nitrogens is 2. The highest BCUT2D eigenvalue weighted by Crippen LogP contribution is 2.45. The SMILES string of the molecule is C[C@@]1(O)c2ccccc2-c2c1n([O-])c1ccccc1[n+]2=O. The second kappa shape index (κ2) is 3.71. The maximum absolute atomic E-state index is 12.7. The van der Waals surface area contributed by atoms with Crippen LogP contribution in [0.25, 0.3) is 22.3 Å². The van der Waals surface area contributed by atoms with E-state index in [1.54, 1.807) is 55.5 Å². The van der Waals surface area contributed by atoms with Gasteiger partial charge in [-0.15, -0.1) is 0 Å². The topological polar surface area (TPSA) is 71.2 Å². The van der Waals surface area contributed by atoms with Crippen LogP contribution >= 0.6 is 0 Å². The third-order valence-corrected chi connectivity index (χ3v) is 4.12. The van der Waals surface area contributed by atoms with Crippen molar-refractivity contribution in [2.45, 2.75) is 12.5 Å². The molecule has 0 fully saturated rings. The Hall–Kier alpha value is -2.66. The normalized spacial score (nSPS) is 19.5. The van der Waals surface area contributed by atoms with Gasteiger partial charge in [-0.05, 0) is 19.1 Å². The number of hydrogen-bond acceptors (Lipinski definition) is 3. The van der Waals surface area contributed by atoms with Crippen LogP contribution in [0.1, 0.15) is 18.2 Å². The summed E-state index contributed by atoms with van der Waals surface area (Å²) in [5.41, 5.74) is 0.538. The fourth-order valence-corrected chi connectivity index (χ4v) is 3.15. The lowest BCUT2D eigenvalue weighted by Gasteiger charge is -2.25. The van der Waals surface area contributed by atoms with Gasteiger partial charge >= 0.3 is 0 Å². The molecule has 1 aliphatic carbocycles. The van der Waals surface area contributed by atoms with Gasteiger partial charge in [-0.3, -0.25) is 0 Å². The van der Waals surface area contributed by atoms with E-state index in [1.807, 2.05) is 0 Å². The van der Waals surface area contributed by atoms with Crippen LogP contribution in [0, 0.1) is 10.1 Å². The number of para-hydroxylation sites is 2. The van der Waals surface area contributed by atoms with Crippen molar-refractivity contribution >= 4 is 11.0 Å². The summed E-state index contributed by atoms with van der Waals surface area (Å²) < 4.78 is 1.40. The third kappa shape index (κ3) is 1.33. The Labute approximate surface area is 119 Å². The summed E-state index contributed by atoms with van der Waals surface area (Å²) in [6.45, 7) is 1.54. The molecule has 0 saturated heterocycles. The van der Waals surface area contributed by atoms with Gasteiger partial charge in [0.1, 0.15) is 16.8 Å². The van der Waals surface area contributed by atoms with E-state index in [0.29, 0.717) is 21.4 Å².